The zero-order chi connectivity index (χ0) is 15.4. The highest BCUT2D eigenvalue weighted by molar-refractivity contribution is 9.10. The lowest BCUT2D eigenvalue weighted by atomic mass is 10.0. The molecule has 1 atom stereocenters. The molecule has 2 N–H and O–H groups in total. The fourth-order valence-electron chi connectivity index (χ4n) is 2.38. The van der Waals surface area contributed by atoms with Crippen LogP contribution in [-0.2, 0) is 13.0 Å². The highest BCUT2D eigenvalue weighted by Gasteiger charge is 2.07. The molecule has 0 saturated carbocycles. The number of ether oxygens (including phenoxy) is 1. The predicted octanol–water partition coefficient (Wildman–Crippen LogP) is 4.53. The van der Waals surface area contributed by atoms with Crippen LogP contribution in [-0.4, -0.2) is 6.04 Å². The first-order chi connectivity index (χ1) is 9.97. The van der Waals surface area contributed by atoms with Gasteiger partial charge in [0, 0.05) is 10.5 Å². The Morgan fingerprint density at radius 3 is 2.43 bits per heavy atom. The highest BCUT2D eigenvalue weighted by atomic mass is 79.9. The summed E-state index contributed by atoms with van der Waals surface area (Å²) in [6.07, 6.45) is 0.834. The van der Waals surface area contributed by atoms with Crippen LogP contribution in [0.3, 0.4) is 0 Å². The van der Waals surface area contributed by atoms with Crippen molar-refractivity contribution < 1.29 is 4.74 Å². The Hall–Kier alpha value is -1.32. The van der Waals surface area contributed by atoms with Crippen LogP contribution in [0.5, 0.6) is 5.75 Å². The van der Waals surface area contributed by atoms with Crippen molar-refractivity contribution in [1.29, 1.82) is 0 Å². The van der Waals surface area contributed by atoms with Gasteiger partial charge in [-0.1, -0.05) is 34.1 Å². The monoisotopic (exact) mass is 347 g/mol. The van der Waals surface area contributed by atoms with Gasteiger partial charge < -0.3 is 10.5 Å². The van der Waals surface area contributed by atoms with Gasteiger partial charge in [-0.05, 0) is 67.6 Å². The average molecular weight is 348 g/mol. The normalized spacial score (nSPS) is 12.2. The first-order valence-electron chi connectivity index (χ1n) is 7.19. The molecule has 3 heteroatoms. The van der Waals surface area contributed by atoms with Crippen molar-refractivity contribution in [3.05, 3.63) is 63.1 Å². The molecule has 0 aliphatic carbocycles. The second-order valence-electron chi connectivity index (χ2n) is 5.59. The van der Waals surface area contributed by atoms with Crippen molar-refractivity contribution >= 4 is 15.9 Å². The maximum Gasteiger partial charge on any atom is 0.120 e. The molecule has 0 bridgehead atoms. The third-order valence-electron chi connectivity index (χ3n) is 3.59. The standard InChI is InChI=1S/C18H22BrNO/c1-12-5-4-6-13(2)17(12)11-21-16-7-8-18(19)15(10-16)9-14(3)20/h4-8,10,14H,9,11,20H2,1-3H3. The van der Waals surface area contributed by atoms with Crippen LogP contribution >= 0.6 is 15.9 Å². The molecule has 0 saturated heterocycles. The van der Waals surface area contributed by atoms with E-state index in [-0.39, 0.29) is 6.04 Å². The number of benzene rings is 2. The summed E-state index contributed by atoms with van der Waals surface area (Å²) in [6, 6.07) is 12.5. The van der Waals surface area contributed by atoms with Gasteiger partial charge in [0.15, 0.2) is 0 Å². The topological polar surface area (TPSA) is 35.2 Å². The molecule has 0 radical (unpaired) electrons. The third-order valence-corrected chi connectivity index (χ3v) is 4.36. The van der Waals surface area contributed by atoms with Crippen molar-refractivity contribution in [3.8, 4) is 5.75 Å². The van der Waals surface area contributed by atoms with E-state index >= 15 is 0 Å². The summed E-state index contributed by atoms with van der Waals surface area (Å²) in [7, 11) is 0. The van der Waals surface area contributed by atoms with Gasteiger partial charge in [-0.25, -0.2) is 0 Å². The van der Waals surface area contributed by atoms with E-state index in [1.807, 2.05) is 19.1 Å². The number of aryl methyl sites for hydroxylation is 2. The maximum absolute atomic E-state index is 5.97. The summed E-state index contributed by atoms with van der Waals surface area (Å²) >= 11 is 3.57. The first-order valence-corrected chi connectivity index (χ1v) is 7.98. The second kappa shape index (κ2) is 7.10. The van der Waals surface area contributed by atoms with Crippen molar-refractivity contribution in [2.24, 2.45) is 5.73 Å². The first kappa shape index (κ1) is 16.1. The molecular weight excluding hydrogens is 326 g/mol. The molecule has 0 aromatic heterocycles. The summed E-state index contributed by atoms with van der Waals surface area (Å²) in [5, 5.41) is 0. The predicted molar refractivity (Wildman–Crippen MR) is 91.7 cm³/mol. The van der Waals surface area contributed by atoms with Crippen LogP contribution in [0.25, 0.3) is 0 Å². The van der Waals surface area contributed by atoms with E-state index in [0.29, 0.717) is 6.61 Å². The molecular formula is C18H22BrNO. The molecule has 0 aliphatic rings. The van der Waals surface area contributed by atoms with Crippen LogP contribution in [0.2, 0.25) is 0 Å². The number of nitrogens with two attached hydrogens (primary N) is 1. The van der Waals surface area contributed by atoms with E-state index in [4.69, 9.17) is 10.5 Å². The highest BCUT2D eigenvalue weighted by Crippen LogP contribution is 2.25. The smallest absolute Gasteiger partial charge is 0.120 e. The van der Waals surface area contributed by atoms with Gasteiger partial charge in [0.1, 0.15) is 12.4 Å². The zero-order valence-corrected chi connectivity index (χ0v) is 14.4. The Balaban J connectivity index is 2.13. The Morgan fingerprint density at radius 1 is 1.14 bits per heavy atom. The molecule has 2 rings (SSSR count). The van der Waals surface area contributed by atoms with Crippen molar-refractivity contribution in [1.82, 2.24) is 0 Å². The Labute approximate surface area is 135 Å². The Kier molecular flexibility index (Phi) is 5.43. The van der Waals surface area contributed by atoms with E-state index in [2.05, 4.69) is 54.0 Å². The van der Waals surface area contributed by atoms with Crippen LogP contribution in [0.15, 0.2) is 40.9 Å². The lowest BCUT2D eigenvalue weighted by Crippen LogP contribution is -2.18. The van der Waals surface area contributed by atoms with Gasteiger partial charge >= 0.3 is 0 Å². The van der Waals surface area contributed by atoms with Gasteiger partial charge in [0.2, 0.25) is 0 Å². The molecule has 0 spiro atoms. The molecule has 0 heterocycles. The summed E-state index contributed by atoms with van der Waals surface area (Å²) < 4.78 is 7.05. The minimum Gasteiger partial charge on any atom is -0.489 e. The molecule has 0 fully saturated rings. The van der Waals surface area contributed by atoms with Crippen LogP contribution < -0.4 is 10.5 Å². The van der Waals surface area contributed by atoms with Gasteiger partial charge in [-0.3, -0.25) is 0 Å². The molecule has 0 aliphatic heterocycles. The summed E-state index contributed by atoms with van der Waals surface area (Å²) in [6.45, 7) is 6.85. The molecule has 21 heavy (non-hydrogen) atoms. The SMILES string of the molecule is Cc1cccc(C)c1COc1ccc(Br)c(CC(C)N)c1. The van der Waals surface area contributed by atoms with Crippen LogP contribution in [0.1, 0.15) is 29.2 Å². The van der Waals surface area contributed by atoms with E-state index in [1.54, 1.807) is 0 Å². The molecule has 0 amide bonds. The second-order valence-corrected chi connectivity index (χ2v) is 6.45. The van der Waals surface area contributed by atoms with E-state index in [9.17, 15) is 0 Å². The van der Waals surface area contributed by atoms with Crippen molar-refractivity contribution in [2.75, 3.05) is 0 Å². The molecule has 2 aromatic carbocycles. The van der Waals surface area contributed by atoms with E-state index < -0.39 is 0 Å². The maximum atomic E-state index is 5.97. The summed E-state index contributed by atoms with van der Waals surface area (Å²) in [5.41, 5.74) is 10.9. The number of rotatable bonds is 5. The fourth-order valence-corrected chi connectivity index (χ4v) is 2.78. The summed E-state index contributed by atoms with van der Waals surface area (Å²) in [4.78, 5) is 0. The van der Waals surface area contributed by atoms with Gasteiger partial charge in [-0.2, -0.15) is 0 Å². The van der Waals surface area contributed by atoms with Gasteiger partial charge in [0.05, 0.1) is 0 Å². The summed E-state index contributed by atoms with van der Waals surface area (Å²) in [5.74, 6) is 0.886. The quantitative estimate of drug-likeness (QED) is 0.861. The van der Waals surface area contributed by atoms with Crippen LogP contribution in [0, 0.1) is 13.8 Å². The lowest BCUT2D eigenvalue weighted by Gasteiger charge is -2.14. The third kappa shape index (κ3) is 4.32. The molecule has 1 unspecified atom stereocenters. The van der Waals surface area contributed by atoms with E-state index in [1.165, 1.54) is 22.3 Å². The Bertz CT molecular complexity index is 602. The van der Waals surface area contributed by atoms with Crippen molar-refractivity contribution in [3.63, 3.8) is 0 Å². The van der Waals surface area contributed by atoms with Gasteiger partial charge in [-0.15, -0.1) is 0 Å². The molecule has 2 nitrogen and oxygen atoms in total. The number of hydrogen-bond donors (Lipinski definition) is 1. The van der Waals surface area contributed by atoms with Crippen LogP contribution in [0.4, 0.5) is 0 Å². The zero-order valence-electron chi connectivity index (χ0n) is 12.8. The fraction of sp³-hybridized carbons (Fsp3) is 0.333. The largest absolute Gasteiger partial charge is 0.489 e. The van der Waals surface area contributed by atoms with Gasteiger partial charge in [0.25, 0.3) is 0 Å². The average Bonchev–Trinajstić information content (AvgIpc) is 2.41. The Morgan fingerprint density at radius 2 is 1.81 bits per heavy atom. The minimum atomic E-state index is 0.134. The van der Waals surface area contributed by atoms with E-state index in [0.717, 1.165) is 16.6 Å². The molecule has 112 valence electrons. The number of halogens is 1. The number of hydrogen-bond acceptors (Lipinski definition) is 2. The molecule has 2 aromatic rings. The lowest BCUT2D eigenvalue weighted by molar-refractivity contribution is 0.304. The van der Waals surface area contributed by atoms with Crippen molar-refractivity contribution in [2.45, 2.75) is 39.8 Å². The minimum absolute atomic E-state index is 0.134.